The van der Waals surface area contributed by atoms with Crippen molar-refractivity contribution < 1.29 is 8.78 Å². The highest BCUT2D eigenvalue weighted by molar-refractivity contribution is 9.10. The van der Waals surface area contributed by atoms with Crippen LogP contribution < -0.4 is 0 Å². The van der Waals surface area contributed by atoms with Crippen molar-refractivity contribution in [3.05, 3.63) is 34.3 Å². The number of halogens is 3. The number of alkyl halides is 2. The van der Waals surface area contributed by atoms with Gasteiger partial charge in [-0.1, -0.05) is 47.0 Å². The quantitative estimate of drug-likeness (QED) is 0.744. The summed E-state index contributed by atoms with van der Waals surface area (Å²) in [5.74, 6) is 0. The zero-order valence-corrected chi connectivity index (χ0v) is 9.94. The molecule has 1 aliphatic carbocycles. The third-order valence-corrected chi connectivity index (χ3v) is 4.02. The SMILES string of the molecule is FC(F)C1(c2ccccc2Br)CCCC1. The van der Waals surface area contributed by atoms with Crippen molar-refractivity contribution in [2.45, 2.75) is 37.5 Å². The van der Waals surface area contributed by atoms with Gasteiger partial charge in [0.15, 0.2) is 0 Å². The maximum atomic E-state index is 13.2. The number of hydrogen-bond donors (Lipinski definition) is 0. The van der Waals surface area contributed by atoms with Crippen LogP contribution in [0.2, 0.25) is 0 Å². The van der Waals surface area contributed by atoms with Gasteiger partial charge in [0.1, 0.15) is 0 Å². The molecule has 0 aromatic heterocycles. The molecule has 1 saturated carbocycles. The molecular formula is C12H13BrF2. The molecule has 0 atom stereocenters. The topological polar surface area (TPSA) is 0 Å². The van der Waals surface area contributed by atoms with E-state index in [4.69, 9.17) is 0 Å². The Hall–Kier alpha value is -0.440. The minimum Gasteiger partial charge on any atom is -0.210 e. The largest absolute Gasteiger partial charge is 0.248 e. The second-order valence-corrected chi connectivity index (χ2v) is 5.00. The summed E-state index contributed by atoms with van der Waals surface area (Å²) in [4.78, 5) is 0. The van der Waals surface area contributed by atoms with Crippen LogP contribution in [0.3, 0.4) is 0 Å². The molecule has 0 N–H and O–H groups in total. The first-order valence-electron chi connectivity index (χ1n) is 5.20. The highest BCUT2D eigenvalue weighted by Crippen LogP contribution is 2.47. The van der Waals surface area contributed by atoms with Gasteiger partial charge in [-0.3, -0.25) is 0 Å². The standard InChI is InChI=1S/C12H13BrF2/c13-10-6-2-1-5-9(10)12(11(14)15)7-3-4-8-12/h1-2,5-6,11H,3-4,7-8H2. The van der Waals surface area contributed by atoms with Gasteiger partial charge in [-0.25, -0.2) is 8.78 Å². The predicted octanol–water partition coefficient (Wildman–Crippen LogP) is 4.53. The molecule has 0 nitrogen and oxygen atoms in total. The van der Waals surface area contributed by atoms with Gasteiger partial charge < -0.3 is 0 Å². The van der Waals surface area contributed by atoms with Crippen molar-refractivity contribution in [1.82, 2.24) is 0 Å². The Morgan fingerprint density at radius 1 is 1.13 bits per heavy atom. The van der Waals surface area contributed by atoms with Crippen molar-refractivity contribution in [1.29, 1.82) is 0 Å². The van der Waals surface area contributed by atoms with Crippen LogP contribution in [0.1, 0.15) is 31.2 Å². The van der Waals surface area contributed by atoms with E-state index in [0.29, 0.717) is 12.8 Å². The number of hydrogen-bond acceptors (Lipinski definition) is 0. The highest BCUT2D eigenvalue weighted by atomic mass is 79.9. The fourth-order valence-electron chi connectivity index (χ4n) is 2.48. The third-order valence-electron chi connectivity index (χ3n) is 3.32. The number of rotatable bonds is 2. The van der Waals surface area contributed by atoms with E-state index in [2.05, 4.69) is 15.9 Å². The van der Waals surface area contributed by atoms with Crippen LogP contribution in [0.4, 0.5) is 8.78 Å². The zero-order chi connectivity index (χ0) is 10.9. The van der Waals surface area contributed by atoms with E-state index in [1.807, 2.05) is 24.3 Å². The van der Waals surface area contributed by atoms with E-state index in [0.717, 1.165) is 22.9 Å². The minimum absolute atomic E-state index is 0.604. The van der Waals surface area contributed by atoms with Gasteiger partial charge in [-0.2, -0.15) is 0 Å². The molecule has 82 valence electrons. The Bertz CT molecular complexity index is 343. The molecular weight excluding hydrogens is 262 g/mol. The maximum Gasteiger partial charge on any atom is 0.248 e. The normalized spacial score (nSPS) is 19.7. The van der Waals surface area contributed by atoms with Crippen LogP contribution in [0.25, 0.3) is 0 Å². The predicted molar refractivity (Wildman–Crippen MR) is 60.3 cm³/mol. The van der Waals surface area contributed by atoms with Crippen LogP contribution in [0.15, 0.2) is 28.7 Å². The van der Waals surface area contributed by atoms with E-state index in [9.17, 15) is 8.78 Å². The van der Waals surface area contributed by atoms with Crippen LogP contribution in [-0.2, 0) is 5.41 Å². The average Bonchev–Trinajstić information content (AvgIpc) is 2.68. The molecule has 0 unspecified atom stereocenters. The Balaban J connectivity index is 2.46. The summed E-state index contributed by atoms with van der Waals surface area (Å²) < 4.78 is 27.3. The number of benzene rings is 1. The molecule has 2 rings (SSSR count). The molecule has 0 saturated heterocycles. The Morgan fingerprint density at radius 3 is 2.27 bits per heavy atom. The minimum atomic E-state index is -2.27. The molecule has 0 aliphatic heterocycles. The van der Waals surface area contributed by atoms with Crippen molar-refractivity contribution in [2.24, 2.45) is 0 Å². The molecule has 1 aromatic carbocycles. The molecule has 0 spiro atoms. The van der Waals surface area contributed by atoms with Gasteiger partial charge in [0, 0.05) is 4.47 Å². The summed E-state index contributed by atoms with van der Waals surface area (Å²) in [5, 5.41) is 0. The summed E-state index contributed by atoms with van der Waals surface area (Å²) in [5.41, 5.74) is -0.127. The zero-order valence-electron chi connectivity index (χ0n) is 8.35. The molecule has 1 aromatic rings. The smallest absolute Gasteiger partial charge is 0.210 e. The van der Waals surface area contributed by atoms with E-state index in [1.165, 1.54) is 0 Å². The highest BCUT2D eigenvalue weighted by Gasteiger charge is 2.44. The van der Waals surface area contributed by atoms with Gasteiger partial charge in [0.25, 0.3) is 0 Å². The fourth-order valence-corrected chi connectivity index (χ4v) is 3.16. The first-order valence-corrected chi connectivity index (χ1v) is 5.99. The fraction of sp³-hybridized carbons (Fsp3) is 0.500. The summed E-state index contributed by atoms with van der Waals surface area (Å²) >= 11 is 3.38. The summed E-state index contributed by atoms with van der Waals surface area (Å²) in [6.45, 7) is 0. The Morgan fingerprint density at radius 2 is 1.73 bits per heavy atom. The van der Waals surface area contributed by atoms with Crippen LogP contribution in [0.5, 0.6) is 0 Å². The van der Waals surface area contributed by atoms with Gasteiger partial charge in [-0.15, -0.1) is 0 Å². The molecule has 0 bridgehead atoms. The maximum absolute atomic E-state index is 13.2. The average molecular weight is 275 g/mol. The second-order valence-electron chi connectivity index (χ2n) is 4.14. The Labute approximate surface area is 96.8 Å². The van der Waals surface area contributed by atoms with Gasteiger partial charge in [-0.05, 0) is 24.5 Å². The summed E-state index contributed by atoms with van der Waals surface area (Å²) in [6, 6.07) is 7.36. The van der Waals surface area contributed by atoms with Crippen molar-refractivity contribution >= 4 is 15.9 Å². The van der Waals surface area contributed by atoms with Crippen LogP contribution in [0, 0.1) is 0 Å². The third kappa shape index (κ3) is 1.82. The second kappa shape index (κ2) is 4.20. The summed E-state index contributed by atoms with van der Waals surface area (Å²) in [7, 11) is 0. The van der Waals surface area contributed by atoms with Gasteiger partial charge >= 0.3 is 0 Å². The lowest BCUT2D eigenvalue weighted by atomic mass is 9.79. The van der Waals surface area contributed by atoms with Gasteiger partial charge in [0.2, 0.25) is 6.43 Å². The van der Waals surface area contributed by atoms with Gasteiger partial charge in [0.05, 0.1) is 5.41 Å². The molecule has 3 heteroatoms. The lowest BCUT2D eigenvalue weighted by Gasteiger charge is -2.29. The molecule has 1 fully saturated rings. The van der Waals surface area contributed by atoms with E-state index >= 15 is 0 Å². The molecule has 0 amide bonds. The first kappa shape index (κ1) is 11.1. The lowest BCUT2D eigenvalue weighted by molar-refractivity contribution is 0.0518. The van der Waals surface area contributed by atoms with Crippen molar-refractivity contribution in [2.75, 3.05) is 0 Å². The van der Waals surface area contributed by atoms with Crippen molar-refractivity contribution in [3.63, 3.8) is 0 Å². The molecule has 1 aliphatic rings. The monoisotopic (exact) mass is 274 g/mol. The van der Waals surface area contributed by atoms with Crippen LogP contribution in [-0.4, -0.2) is 6.43 Å². The molecule has 0 heterocycles. The van der Waals surface area contributed by atoms with E-state index in [1.54, 1.807) is 0 Å². The Kier molecular flexibility index (Phi) is 3.10. The van der Waals surface area contributed by atoms with E-state index < -0.39 is 11.8 Å². The van der Waals surface area contributed by atoms with Crippen molar-refractivity contribution in [3.8, 4) is 0 Å². The molecule has 0 radical (unpaired) electrons. The summed E-state index contributed by atoms with van der Waals surface area (Å²) in [6.07, 6.45) is 0.761. The first-order chi connectivity index (χ1) is 7.17. The molecule has 15 heavy (non-hydrogen) atoms. The lowest BCUT2D eigenvalue weighted by Crippen LogP contribution is -2.31. The van der Waals surface area contributed by atoms with E-state index in [-0.39, 0.29) is 0 Å². The van der Waals surface area contributed by atoms with Crippen LogP contribution >= 0.6 is 15.9 Å².